The van der Waals surface area contributed by atoms with E-state index in [1.807, 2.05) is 199 Å². The van der Waals surface area contributed by atoms with Gasteiger partial charge in [-0.05, 0) is 99.8 Å². The quantitative estimate of drug-likeness (QED) is 0.0767. The van der Waals surface area contributed by atoms with Crippen LogP contribution in [0, 0.1) is 61.9 Å². The predicted octanol–water partition coefficient (Wildman–Crippen LogP) is 23.0. The Bertz CT molecular complexity index is 5460. The Morgan fingerprint density at radius 1 is 0.386 bits per heavy atom. The minimum absolute atomic E-state index is 0. The van der Waals surface area contributed by atoms with Crippen LogP contribution in [0.5, 0.6) is 11.6 Å². The van der Waals surface area contributed by atoms with Gasteiger partial charge in [0.15, 0.2) is 0 Å². The van der Waals surface area contributed by atoms with Gasteiger partial charge in [0.1, 0.15) is 11.4 Å². The monoisotopic (exact) mass is 1770 g/mol. The molecule has 0 saturated heterocycles. The number of rotatable bonds is 14. The molecular formula is C96H69F2N11ORh3S. The standard InChI is InChI=1S/C23H19N2.2C20H14N3.C11H6F2N.C11H8NO.C11H8NS.3Rh/c1-17-23(18(2)25(24-17)22-11-7-4-8-12-22)21-15-13-20(14-16-21)19-9-5-3-6-10-19;1-3-7-16(8-4-1)17-11-13-18(14-12-17)20-15-23(22-21-20)19-9-5-2-6-10-19;1-3-7-16(8-4-1)17-11-13-18(14-12-17)20-15-21-23(22-20)19-9-5-2-6-10-19;12-8-4-5-9(10(13)7-8)11-3-1-2-6-14-11;2*1-2-6-10(7-3-1)13-11-8-4-5-9-12-11;;;/h3-11,13-16H,1-2H3;2*1-9,11-15H;1-4,6-7H;2*1-6,8-9H;;;/q6*-1;3*+2. The van der Waals surface area contributed by atoms with Crippen LogP contribution in [0.4, 0.5) is 8.78 Å². The molecule has 0 atom stereocenters. The predicted molar refractivity (Wildman–Crippen MR) is 437 cm³/mol. The fraction of sp³-hybridized carbons (Fsp3) is 0.0208. The third-order valence-corrected chi connectivity index (χ3v) is 17.7. The van der Waals surface area contributed by atoms with Gasteiger partial charge in [0.2, 0.25) is 5.88 Å². The Labute approximate surface area is 705 Å². The fourth-order valence-electron chi connectivity index (χ4n) is 11.3. The summed E-state index contributed by atoms with van der Waals surface area (Å²) in [6.07, 6.45) is 8.73. The van der Waals surface area contributed by atoms with Crippen molar-refractivity contribution in [2.45, 2.75) is 23.8 Å². The number of ether oxygens (including phenoxy) is 1. The number of halogens is 2. The van der Waals surface area contributed by atoms with Crippen LogP contribution >= 0.6 is 11.8 Å². The molecule has 114 heavy (non-hydrogen) atoms. The van der Waals surface area contributed by atoms with E-state index in [0.717, 1.165) is 73.0 Å². The summed E-state index contributed by atoms with van der Waals surface area (Å²) >= 11 is 1.62. The number of hydrogen-bond acceptors (Lipinski definition) is 10. The van der Waals surface area contributed by atoms with Crippen molar-refractivity contribution in [3.8, 4) is 107 Å². The first kappa shape index (κ1) is 83.9. The van der Waals surface area contributed by atoms with Gasteiger partial charge < -0.3 is 9.72 Å². The van der Waals surface area contributed by atoms with E-state index >= 15 is 0 Å². The second-order valence-corrected chi connectivity index (χ2v) is 25.4. The second kappa shape index (κ2) is 43.9. The summed E-state index contributed by atoms with van der Waals surface area (Å²) in [5.41, 5.74) is 18.9. The van der Waals surface area contributed by atoms with Crippen molar-refractivity contribution < 1.29 is 72.0 Å². The smallest absolute Gasteiger partial charge is 0.466 e. The molecule has 0 aliphatic carbocycles. The van der Waals surface area contributed by atoms with Crippen molar-refractivity contribution in [3.63, 3.8) is 0 Å². The van der Waals surface area contributed by atoms with E-state index in [2.05, 4.69) is 207 Å². The Morgan fingerprint density at radius 2 is 0.860 bits per heavy atom. The zero-order valence-electron chi connectivity index (χ0n) is 61.4. The van der Waals surface area contributed by atoms with Gasteiger partial charge in [0.25, 0.3) is 0 Å². The van der Waals surface area contributed by atoms with Crippen molar-refractivity contribution in [3.05, 3.63) is 442 Å². The average Bonchev–Trinajstić information content (AvgIpc) is 1.64. The molecule has 6 heterocycles. The molecule has 0 fully saturated rings. The van der Waals surface area contributed by atoms with Crippen LogP contribution in [0.2, 0.25) is 0 Å². The van der Waals surface area contributed by atoms with E-state index < -0.39 is 11.6 Å². The van der Waals surface area contributed by atoms with Crippen molar-refractivity contribution in [1.82, 2.24) is 54.7 Å². The molecule has 0 spiro atoms. The topological polar surface area (TPSA) is 127 Å². The van der Waals surface area contributed by atoms with Gasteiger partial charge in [0, 0.05) is 64.4 Å². The normalized spacial score (nSPS) is 10.1. The molecule has 3 radical (unpaired) electrons. The SMILES string of the molecule is Cc1nn(-c2[c-]cccc2)c(C)c1-c1ccc(-c2ccccc2)cc1.Fc1c[c-]c(-c2ccccn2)c(F)c1.[Rh+2].[Rh+2].[Rh+2].[c-]1ccccc1-n1cc(-c2ccc(-c3ccccc3)cc2)nn1.[c-]1ccccc1-n1ncc(-c2ccc(-c3ccccc3)cc2)n1.[c-]1ccccc1Oc1ccccn1.[c-]1ccccc1Sc1ccccn1. The Balaban J connectivity index is 0.000000147. The maximum atomic E-state index is 13.2. The van der Waals surface area contributed by atoms with Crippen LogP contribution in [-0.4, -0.2) is 54.7 Å². The summed E-state index contributed by atoms with van der Waals surface area (Å²) in [7, 11) is 0. The first-order valence-corrected chi connectivity index (χ1v) is 36.2. The molecular weight excluding hydrogens is 1700 g/mol. The molecule has 18 rings (SSSR count). The third kappa shape index (κ3) is 24.0. The molecule has 0 N–H and O–H groups in total. The molecule has 0 aliphatic heterocycles. The summed E-state index contributed by atoms with van der Waals surface area (Å²) in [6, 6.07) is 132. The molecule has 12 nitrogen and oxygen atoms in total. The van der Waals surface area contributed by atoms with Crippen LogP contribution in [-0.2, 0) is 58.4 Å². The third-order valence-electron chi connectivity index (χ3n) is 16.7. The first-order valence-electron chi connectivity index (χ1n) is 35.4. The van der Waals surface area contributed by atoms with Crippen molar-refractivity contribution in [1.29, 1.82) is 0 Å². The van der Waals surface area contributed by atoms with Crippen LogP contribution in [0.25, 0.3) is 95.3 Å². The number of para-hydroxylation sites is 4. The Morgan fingerprint density at radius 3 is 1.36 bits per heavy atom. The van der Waals surface area contributed by atoms with Gasteiger partial charge in [-0.3, -0.25) is 13.5 Å². The molecule has 6 aromatic heterocycles. The zero-order chi connectivity index (χ0) is 76.0. The summed E-state index contributed by atoms with van der Waals surface area (Å²) in [5.74, 6) is -0.0166. The van der Waals surface area contributed by atoms with E-state index in [-0.39, 0.29) is 64.0 Å². The molecule has 12 aromatic carbocycles. The molecule has 0 aliphatic rings. The van der Waals surface area contributed by atoms with E-state index in [9.17, 15) is 8.78 Å². The van der Waals surface area contributed by atoms with Gasteiger partial charge in [-0.25, -0.2) is 14.6 Å². The first-order chi connectivity index (χ1) is 54.7. The number of nitrogens with zero attached hydrogens (tertiary/aromatic N) is 11. The minimum atomic E-state index is -0.649. The van der Waals surface area contributed by atoms with Crippen molar-refractivity contribution >= 4 is 11.8 Å². The number of benzene rings is 12. The number of hydrogen-bond donors (Lipinski definition) is 0. The van der Waals surface area contributed by atoms with Gasteiger partial charge in [-0.2, -0.15) is 141 Å². The van der Waals surface area contributed by atoms with Crippen LogP contribution in [0.3, 0.4) is 0 Å². The van der Waals surface area contributed by atoms with E-state index in [0.29, 0.717) is 17.3 Å². The fourth-order valence-corrected chi connectivity index (χ4v) is 12.1. The van der Waals surface area contributed by atoms with Gasteiger partial charge >= 0.3 is 58.4 Å². The largest absolute Gasteiger partial charge is 2.00 e. The Kier molecular flexibility index (Phi) is 32.3. The summed E-state index contributed by atoms with van der Waals surface area (Å²) < 4.78 is 34.9. The zero-order valence-corrected chi connectivity index (χ0v) is 67.1. The maximum Gasteiger partial charge on any atom is 2.00 e. The molecule has 0 bridgehead atoms. The number of aromatic nitrogens is 11. The molecule has 18 aromatic rings. The van der Waals surface area contributed by atoms with Gasteiger partial charge in [-0.15, -0.1) is 47.6 Å². The van der Waals surface area contributed by atoms with Crippen molar-refractivity contribution in [2.75, 3.05) is 0 Å². The number of aryl methyl sites for hydroxylation is 1. The molecule has 0 unspecified atom stereocenters. The average molecular weight is 1770 g/mol. The summed E-state index contributed by atoms with van der Waals surface area (Å²) in [6.45, 7) is 4.17. The van der Waals surface area contributed by atoms with Crippen molar-refractivity contribution in [2.24, 2.45) is 0 Å². The molecule has 18 heteroatoms. The second-order valence-electron chi connectivity index (χ2n) is 24.3. The minimum Gasteiger partial charge on any atom is -0.466 e. The summed E-state index contributed by atoms with van der Waals surface area (Å²) in [5, 5.41) is 23.0. The molecule has 0 saturated carbocycles. The van der Waals surface area contributed by atoms with E-state index in [1.54, 1.807) is 76.4 Å². The summed E-state index contributed by atoms with van der Waals surface area (Å²) in [4.78, 5) is 14.9. The maximum absolute atomic E-state index is 13.2. The van der Waals surface area contributed by atoms with Crippen LogP contribution in [0.15, 0.2) is 393 Å². The Hall–Kier alpha value is -12.5. The molecule has 561 valence electrons. The van der Waals surface area contributed by atoms with Gasteiger partial charge in [0.05, 0.1) is 23.1 Å². The van der Waals surface area contributed by atoms with E-state index in [1.165, 1.54) is 44.5 Å². The molecule has 0 amide bonds. The van der Waals surface area contributed by atoms with Gasteiger partial charge in [-0.1, -0.05) is 222 Å². The van der Waals surface area contributed by atoms with E-state index in [4.69, 9.17) is 9.84 Å². The van der Waals surface area contributed by atoms with Crippen LogP contribution in [0.1, 0.15) is 11.4 Å². The van der Waals surface area contributed by atoms with Crippen LogP contribution < -0.4 is 4.74 Å². The number of pyridine rings is 3.